The molecule has 0 saturated heterocycles. The molecule has 0 bridgehead atoms. The maximum Gasteiger partial charge on any atom is 0.255 e. The molecule has 1 aromatic carbocycles. The third-order valence-electron chi connectivity index (χ3n) is 3.48. The first kappa shape index (κ1) is 14.8. The Morgan fingerprint density at radius 2 is 2.00 bits per heavy atom. The number of pyridine rings is 2. The number of aromatic amines is 1. The predicted octanol–water partition coefficient (Wildman–Crippen LogP) is 2.12. The quantitative estimate of drug-likeness (QED) is 0.690. The second kappa shape index (κ2) is 5.92. The van der Waals surface area contributed by atoms with Gasteiger partial charge in [0, 0.05) is 11.1 Å². The third kappa shape index (κ3) is 3.06. The van der Waals surface area contributed by atoms with Gasteiger partial charge in [-0.2, -0.15) is 0 Å². The highest BCUT2D eigenvalue weighted by Crippen LogP contribution is 2.24. The van der Waals surface area contributed by atoms with Crippen molar-refractivity contribution in [3.63, 3.8) is 0 Å². The Morgan fingerprint density at radius 1 is 1.22 bits per heavy atom. The van der Waals surface area contributed by atoms with Crippen molar-refractivity contribution in [3.05, 3.63) is 64.1 Å². The number of hydrogen-bond acceptors (Lipinski definition) is 4. The monoisotopic (exact) mass is 309 g/mol. The van der Waals surface area contributed by atoms with Gasteiger partial charge in [-0.25, -0.2) is 4.98 Å². The van der Waals surface area contributed by atoms with Gasteiger partial charge in [-0.1, -0.05) is 18.2 Å². The Morgan fingerprint density at radius 3 is 2.78 bits per heavy atom. The summed E-state index contributed by atoms with van der Waals surface area (Å²) in [5.74, 6) is -0.178. The van der Waals surface area contributed by atoms with Crippen molar-refractivity contribution < 1.29 is 9.90 Å². The highest BCUT2D eigenvalue weighted by atomic mass is 16.3. The molecule has 3 aromatic rings. The van der Waals surface area contributed by atoms with E-state index in [-0.39, 0.29) is 17.7 Å². The number of nitrogens with one attached hydrogen (secondary N) is 2. The van der Waals surface area contributed by atoms with Gasteiger partial charge >= 0.3 is 0 Å². The summed E-state index contributed by atoms with van der Waals surface area (Å²) in [7, 11) is 0. The summed E-state index contributed by atoms with van der Waals surface area (Å²) < 4.78 is 0. The van der Waals surface area contributed by atoms with Gasteiger partial charge in [-0.15, -0.1) is 0 Å². The van der Waals surface area contributed by atoms with E-state index in [9.17, 15) is 14.7 Å². The first-order chi connectivity index (χ1) is 11.0. The molecule has 0 aliphatic rings. The number of benzene rings is 1. The first-order valence-corrected chi connectivity index (χ1v) is 7.11. The molecular weight excluding hydrogens is 294 g/mol. The van der Waals surface area contributed by atoms with Gasteiger partial charge in [-0.3, -0.25) is 9.59 Å². The molecule has 0 radical (unpaired) electrons. The van der Waals surface area contributed by atoms with E-state index in [2.05, 4.69) is 15.3 Å². The summed E-state index contributed by atoms with van der Waals surface area (Å²) in [5, 5.41) is 13.4. The summed E-state index contributed by atoms with van der Waals surface area (Å²) in [6, 6.07) is 12.1. The minimum Gasteiger partial charge on any atom is -0.507 e. The molecule has 116 valence electrons. The number of amides is 1. The number of fused-ring (bicyclic) bond motifs is 1. The normalized spacial score (nSPS) is 10.7. The van der Waals surface area contributed by atoms with Gasteiger partial charge < -0.3 is 15.4 Å². The van der Waals surface area contributed by atoms with Crippen molar-refractivity contribution in [3.8, 4) is 5.75 Å². The van der Waals surface area contributed by atoms with Crippen LogP contribution in [0.2, 0.25) is 0 Å². The standard InChI is InChI=1S/C17H15N3O3/c1-10-5-4-8-14(18-10)20-15(21)9-12-16(22)11-6-2-3-7-13(11)19-17(12)23/h2-8H,9H2,1H3,(H,18,20,21)(H2,19,22,23). The molecule has 3 rings (SSSR count). The van der Waals surface area contributed by atoms with Crippen LogP contribution in [0.5, 0.6) is 5.75 Å². The van der Waals surface area contributed by atoms with Crippen molar-refractivity contribution in [2.24, 2.45) is 0 Å². The van der Waals surface area contributed by atoms with Crippen molar-refractivity contribution in [2.45, 2.75) is 13.3 Å². The van der Waals surface area contributed by atoms with E-state index in [1.54, 1.807) is 36.4 Å². The van der Waals surface area contributed by atoms with Crippen LogP contribution in [0, 0.1) is 6.92 Å². The van der Waals surface area contributed by atoms with Crippen LogP contribution in [-0.2, 0) is 11.2 Å². The van der Waals surface area contributed by atoms with E-state index in [1.807, 2.05) is 13.0 Å². The number of hydrogen-bond donors (Lipinski definition) is 3. The first-order valence-electron chi connectivity index (χ1n) is 7.11. The molecule has 6 heteroatoms. The number of aromatic hydroxyl groups is 1. The fourth-order valence-corrected chi connectivity index (χ4v) is 2.39. The number of H-pyrrole nitrogens is 1. The Labute approximate surface area is 131 Å². The summed E-state index contributed by atoms with van der Waals surface area (Å²) in [6.45, 7) is 1.82. The van der Waals surface area contributed by atoms with Crippen LogP contribution in [0.1, 0.15) is 11.3 Å². The molecule has 2 heterocycles. The van der Waals surface area contributed by atoms with Gasteiger partial charge in [-0.05, 0) is 31.2 Å². The fraction of sp³-hybridized carbons (Fsp3) is 0.118. The molecule has 0 aliphatic heterocycles. The van der Waals surface area contributed by atoms with Gasteiger partial charge in [0.1, 0.15) is 11.6 Å². The molecule has 3 N–H and O–H groups in total. The van der Waals surface area contributed by atoms with Gasteiger partial charge in [0.2, 0.25) is 5.91 Å². The molecule has 0 unspecified atom stereocenters. The van der Waals surface area contributed by atoms with Gasteiger partial charge in [0.15, 0.2) is 0 Å². The molecule has 0 spiro atoms. The number of carbonyl (C=O) groups is 1. The van der Waals surface area contributed by atoms with Crippen molar-refractivity contribution in [1.82, 2.24) is 9.97 Å². The highest BCUT2D eigenvalue weighted by molar-refractivity contribution is 5.93. The number of aryl methyl sites for hydroxylation is 1. The summed E-state index contributed by atoms with van der Waals surface area (Å²) >= 11 is 0. The van der Waals surface area contributed by atoms with Crippen LogP contribution in [0.4, 0.5) is 5.82 Å². The molecule has 0 fully saturated rings. The van der Waals surface area contributed by atoms with Crippen LogP contribution < -0.4 is 10.9 Å². The second-order valence-electron chi connectivity index (χ2n) is 5.22. The fourth-order valence-electron chi connectivity index (χ4n) is 2.39. The van der Waals surface area contributed by atoms with Gasteiger partial charge in [0.25, 0.3) is 5.56 Å². The van der Waals surface area contributed by atoms with E-state index in [1.165, 1.54) is 0 Å². The number of anilines is 1. The lowest BCUT2D eigenvalue weighted by atomic mass is 10.1. The lowest BCUT2D eigenvalue weighted by Crippen LogP contribution is -2.21. The maximum absolute atomic E-state index is 12.1. The summed E-state index contributed by atoms with van der Waals surface area (Å²) in [5.41, 5.74) is 0.858. The van der Waals surface area contributed by atoms with Crippen LogP contribution >= 0.6 is 0 Å². The number of rotatable bonds is 3. The summed E-state index contributed by atoms with van der Waals surface area (Å²) in [6.07, 6.45) is -0.235. The number of para-hydroxylation sites is 1. The SMILES string of the molecule is Cc1cccc(NC(=O)Cc2c(O)c3ccccc3[nH]c2=O)n1. The molecule has 1 amide bonds. The zero-order valence-electron chi connectivity index (χ0n) is 12.5. The Hall–Kier alpha value is -3.15. The zero-order chi connectivity index (χ0) is 16.4. The number of aromatic nitrogens is 2. The lowest BCUT2D eigenvalue weighted by molar-refractivity contribution is -0.115. The molecule has 23 heavy (non-hydrogen) atoms. The maximum atomic E-state index is 12.1. The smallest absolute Gasteiger partial charge is 0.255 e. The zero-order valence-corrected chi connectivity index (χ0v) is 12.5. The Balaban J connectivity index is 1.89. The second-order valence-corrected chi connectivity index (χ2v) is 5.22. The van der Waals surface area contributed by atoms with Crippen molar-refractivity contribution in [1.29, 1.82) is 0 Å². The average Bonchev–Trinajstić information content (AvgIpc) is 2.51. The van der Waals surface area contributed by atoms with Crippen molar-refractivity contribution >= 4 is 22.6 Å². The predicted molar refractivity (Wildman–Crippen MR) is 87.5 cm³/mol. The van der Waals surface area contributed by atoms with E-state index in [0.29, 0.717) is 16.7 Å². The minimum atomic E-state index is -0.478. The average molecular weight is 309 g/mol. The molecule has 2 aromatic heterocycles. The van der Waals surface area contributed by atoms with Crippen LogP contribution in [0.15, 0.2) is 47.3 Å². The highest BCUT2D eigenvalue weighted by Gasteiger charge is 2.15. The van der Waals surface area contributed by atoms with Crippen LogP contribution in [0.3, 0.4) is 0 Å². The molecular formula is C17H15N3O3. The number of nitrogens with zero attached hydrogens (tertiary/aromatic N) is 1. The Bertz CT molecular complexity index is 947. The van der Waals surface area contributed by atoms with E-state index >= 15 is 0 Å². The van der Waals surface area contributed by atoms with Gasteiger partial charge in [0.05, 0.1) is 17.5 Å². The molecule has 0 atom stereocenters. The molecule has 0 saturated carbocycles. The van der Waals surface area contributed by atoms with Crippen LogP contribution in [-0.4, -0.2) is 21.0 Å². The van der Waals surface area contributed by atoms with Crippen LogP contribution in [0.25, 0.3) is 10.9 Å². The minimum absolute atomic E-state index is 0.0360. The van der Waals surface area contributed by atoms with Crippen molar-refractivity contribution in [2.75, 3.05) is 5.32 Å². The largest absolute Gasteiger partial charge is 0.507 e. The molecule has 0 aliphatic carbocycles. The van der Waals surface area contributed by atoms with E-state index < -0.39 is 11.5 Å². The lowest BCUT2D eigenvalue weighted by Gasteiger charge is -2.08. The third-order valence-corrected chi connectivity index (χ3v) is 3.48. The van der Waals surface area contributed by atoms with E-state index in [4.69, 9.17) is 0 Å². The topological polar surface area (TPSA) is 95.1 Å². The number of carbonyl (C=O) groups excluding carboxylic acids is 1. The Kier molecular flexibility index (Phi) is 3.80. The summed E-state index contributed by atoms with van der Waals surface area (Å²) in [4.78, 5) is 31.0. The molecule has 6 nitrogen and oxygen atoms in total. The van der Waals surface area contributed by atoms with E-state index in [0.717, 1.165) is 5.69 Å².